The van der Waals surface area contributed by atoms with Crippen molar-refractivity contribution in [2.24, 2.45) is 0 Å². The molecule has 0 aliphatic heterocycles. The van der Waals surface area contributed by atoms with Crippen molar-refractivity contribution in [3.05, 3.63) is 199 Å². The normalized spacial score (nSPS) is 13.1. The van der Waals surface area contributed by atoms with Crippen molar-refractivity contribution in [2.45, 2.75) is 19.3 Å². The molecule has 4 aromatic heterocycles. The standard InChI is InChI=1S/C60H37N3O2S/c1-60(2)47-19-6-3-12-39(47)42-16-9-15-38(56(42)60)35-26-24-34(25-27-35)36-29-31-49-46(32-36)54-44(17-10-21-50(54)64-49)58-61-57(37-28-30-41-40-13-4-7-20-48(40)65-51(41)33-37)62-59(63-58)45-18-11-23-53-55(45)43-14-5-8-22-52(43)66-53/h3-33H,1-2H3. The van der Waals surface area contributed by atoms with Crippen molar-refractivity contribution < 1.29 is 8.83 Å². The van der Waals surface area contributed by atoms with Crippen LogP contribution in [0.1, 0.15) is 25.0 Å². The van der Waals surface area contributed by atoms with Crippen molar-refractivity contribution in [1.29, 1.82) is 0 Å². The second-order valence-corrected chi connectivity index (χ2v) is 18.9. The first-order valence-corrected chi connectivity index (χ1v) is 23.1. The van der Waals surface area contributed by atoms with E-state index in [1.54, 1.807) is 11.3 Å². The van der Waals surface area contributed by atoms with Gasteiger partial charge in [-0.3, -0.25) is 0 Å². The molecule has 1 aliphatic rings. The molecule has 0 saturated carbocycles. The Morgan fingerprint density at radius 2 is 0.939 bits per heavy atom. The number of thiophene rings is 1. The van der Waals surface area contributed by atoms with E-state index in [1.165, 1.54) is 48.2 Å². The average molecular weight is 864 g/mol. The van der Waals surface area contributed by atoms with Gasteiger partial charge < -0.3 is 8.83 Å². The van der Waals surface area contributed by atoms with E-state index in [9.17, 15) is 0 Å². The summed E-state index contributed by atoms with van der Waals surface area (Å²) in [5.41, 5.74) is 15.9. The molecule has 0 spiro atoms. The summed E-state index contributed by atoms with van der Waals surface area (Å²) < 4.78 is 15.4. The number of benzene rings is 9. The van der Waals surface area contributed by atoms with Gasteiger partial charge in [-0.15, -0.1) is 11.3 Å². The third kappa shape index (κ3) is 5.49. The third-order valence-electron chi connectivity index (χ3n) is 13.8. The summed E-state index contributed by atoms with van der Waals surface area (Å²) in [5.74, 6) is 1.74. The smallest absolute Gasteiger partial charge is 0.164 e. The lowest BCUT2D eigenvalue weighted by molar-refractivity contribution is 0.662. The number of aromatic nitrogens is 3. The van der Waals surface area contributed by atoms with Crippen LogP contribution in [-0.4, -0.2) is 15.0 Å². The van der Waals surface area contributed by atoms with E-state index in [1.807, 2.05) is 30.3 Å². The SMILES string of the molecule is CC1(C)c2ccccc2-c2cccc(-c3ccc(-c4ccc5oc6cccc(-c7nc(-c8ccc9c(c8)oc8ccccc89)nc(-c8cccc9sc%10ccccc%10c89)n7)c6c5c4)cc3)c21. The molecule has 0 radical (unpaired) electrons. The Kier molecular flexibility index (Phi) is 7.84. The summed E-state index contributed by atoms with van der Waals surface area (Å²) in [6.45, 7) is 4.69. The van der Waals surface area contributed by atoms with Crippen molar-refractivity contribution >= 4 is 75.4 Å². The Bertz CT molecular complexity index is 4150. The summed E-state index contributed by atoms with van der Waals surface area (Å²) in [5, 5.41) is 6.42. The van der Waals surface area contributed by atoms with Crippen LogP contribution in [0.15, 0.2) is 197 Å². The Morgan fingerprint density at radius 1 is 0.364 bits per heavy atom. The second-order valence-electron chi connectivity index (χ2n) is 17.9. The molecular formula is C60H37N3O2S. The summed E-state index contributed by atoms with van der Waals surface area (Å²) in [7, 11) is 0. The minimum absolute atomic E-state index is 0.0971. The Labute approximate surface area is 383 Å². The molecule has 0 N–H and O–H groups in total. The van der Waals surface area contributed by atoms with Crippen LogP contribution in [0.4, 0.5) is 0 Å². The Morgan fingerprint density at radius 3 is 1.82 bits per heavy atom. The van der Waals surface area contributed by atoms with Gasteiger partial charge in [0.25, 0.3) is 0 Å². The van der Waals surface area contributed by atoms with Gasteiger partial charge in [-0.05, 0) is 93.0 Å². The minimum atomic E-state index is -0.0971. The maximum absolute atomic E-state index is 6.59. The fourth-order valence-electron chi connectivity index (χ4n) is 10.7. The third-order valence-corrected chi connectivity index (χ3v) is 14.9. The Hall–Kier alpha value is -8.19. The van der Waals surface area contributed by atoms with Crippen LogP contribution in [-0.2, 0) is 5.41 Å². The van der Waals surface area contributed by atoms with Crippen LogP contribution in [0.3, 0.4) is 0 Å². The number of hydrogen-bond donors (Lipinski definition) is 0. The molecular weight excluding hydrogens is 827 g/mol. The second kappa shape index (κ2) is 13.9. The van der Waals surface area contributed by atoms with Crippen LogP contribution in [0.5, 0.6) is 0 Å². The van der Waals surface area contributed by atoms with Crippen molar-refractivity contribution in [3.8, 4) is 67.5 Å². The van der Waals surface area contributed by atoms with Gasteiger partial charge in [0.2, 0.25) is 0 Å². The monoisotopic (exact) mass is 863 g/mol. The van der Waals surface area contributed by atoms with Crippen molar-refractivity contribution in [1.82, 2.24) is 15.0 Å². The molecule has 0 unspecified atom stereocenters. The maximum Gasteiger partial charge on any atom is 0.164 e. The molecule has 5 nitrogen and oxygen atoms in total. The molecule has 9 aromatic carbocycles. The molecule has 66 heavy (non-hydrogen) atoms. The van der Waals surface area contributed by atoms with E-state index in [-0.39, 0.29) is 5.41 Å². The number of para-hydroxylation sites is 1. The van der Waals surface area contributed by atoms with E-state index in [2.05, 4.69) is 172 Å². The molecule has 0 amide bonds. The van der Waals surface area contributed by atoms with Gasteiger partial charge in [0.15, 0.2) is 17.5 Å². The molecule has 1 aliphatic carbocycles. The predicted octanol–water partition coefficient (Wildman–Crippen LogP) is 16.7. The van der Waals surface area contributed by atoms with Crippen LogP contribution < -0.4 is 0 Å². The maximum atomic E-state index is 6.59. The lowest BCUT2D eigenvalue weighted by Crippen LogP contribution is -2.16. The van der Waals surface area contributed by atoms with Gasteiger partial charge in [0, 0.05) is 63.8 Å². The fourth-order valence-corrected chi connectivity index (χ4v) is 11.8. The van der Waals surface area contributed by atoms with Gasteiger partial charge in [0.1, 0.15) is 22.3 Å². The first-order valence-electron chi connectivity index (χ1n) is 22.3. The Balaban J connectivity index is 0.922. The van der Waals surface area contributed by atoms with Crippen LogP contribution in [0, 0.1) is 0 Å². The summed E-state index contributed by atoms with van der Waals surface area (Å²) >= 11 is 1.78. The predicted molar refractivity (Wildman–Crippen MR) is 272 cm³/mol. The van der Waals surface area contributed by atoms with Crippen molar-refractivity contribution in [3.63, 3.8) is 0 Å². The van der Waals surface area contributed by atoms with Gasteiger partial charge >= 0.3 is 0 Å². The number of furan rings is 2. The zero-order valence-electron chi connectivity index (χ0n) is 36.0. The summed E-state index contributed by atoms with van der Waals surface area (Å²) in [4.78, 5) is 15.9. The highest BCUT2D eigenvalue weighted by Gasteiger charge is 2.37. The zero-order valence-corrected chi connectivity index (χ0v) is 36.8. The molecule has 0 bridgehead atoms. The van der Waals surface area contributed by atoms with Crippen LogP contribution in [0.2, 0.25) is 0 Å². The first-order chi connectivity index (χ1) is 32.4. The largest absolute Gasteiger partial charge is 0.456 e. The summed E-state index contributed by atoms with van der Waals surface area (Å²) in [6, 6.07) is 66.6. The number of hydrogen-bond acceptors (Lipinski definition) is 6. The first kappa shape index (κ1) is 37.2. The lowest BCUT2D eigenvalue weighted by atomic mass is 9.79. The average Bonchev–Trinajstić information content (AvgIpc) is 4.11. The molecule has 310 valence electrons. The zero-order chi connectivity index (χ0) is 43.7. The van der Waals surface area contributed by atoms with Crippen LogP contribution >= 0.6 is 11.3 Å². The minimum Gasteiger partial charge on any atom is -0.456 e. The van der Waals surface area contributed by atoms with Gasteiger partial charge in [0.05, 0.1) is 0 Å². The van der Waals surface area contributed by atoms with E-state index < -0.39 is 0 Å². The lowest BCUT2D eigenvalue weighted by Gasteiger charge is -2.24. The molecule has 4 heterocycles. The van der Waals surface area contributed by atoms with E-state index >= 15 is 0 Å². The fraction of sp³-hybridized carbons (Fsp3) is 0.0500. The molecule has 0 saturated heterocycles. The molecule has 0 atom stereocenters. The quantitative estimate of drug-likeness (QED) is 0.172. The van der Waals surface area contributed by atoms with Crippen molar-refractivity contribution in [2.75, 3.05) is 0 Å². The van der Waals surface area contributed by atoms with Gasteiger partial charge in [-0.25, -0.2) is 15.0 Å². The summed E-state index contributed by atoms with van der Waals surface area (Å²) in [6.07, 6.45) is 0. The number of fused-ring (bicyclic) bond motifs is 12. The highest BCUT2D eigenvalue weighted by Crippen LogP contribution is 2.52. The van der Waals surface area contributed by atoms with E-state index in [0.717, 1.165) is 77.1 Å². The van der Waals surface area contributed by atoms with Gasteiger partial charge in [-0.2, -0.15) is 0 Å². The molecule has 14 rings (SSSR count). The number of rotatable bonds is 5. The van der Waals surface area contributed by atoms with Gasteiger partial charge in [-0.1, -0.05) is 153 Å². The molecule has 13 aromatic rings. The number of nitrogens with zero attached hydrogens (tertiary/aromatic N) is 3. The highest BCUT2D eigenvalue weighted by atomic mass is 32.1. The molecule has 0 fully saturated rings. The van der Waals surface area contributed by atoms with E-state index in [4.69, 9.17) is 23.8 Å². The molecule has 6 heteroatoms. The van der Waals surface area contributed by atoms with Crippen LogP contribution in [0.25, 0.3) is 132 Å². The topological polar surface area (TPSA) is 65.0 Å². The van der Waals surface area contributed by atoms with E-state index in [0.29, 0.717) is 17.5 Å². The highest BCUT2D eigenvalue weighted by molar-refractivity contribution is 7.25.